The molecule has 0 spiro atoms. The largest absolute Gasteiger partial charge is 0.464 e. The van der Waals surface area contributed by atoms with Crippen LogP contribution in [0.3, 0.4) is 0 Å². The fourth-order valence-corrected chi connectivity index (χ4v) is 8.68. The van der Waals surface area contributed by atoms with Crippen LogP contribution in [0.15, 0.2) is 60.9 Å². The molecular weight excluding hydrogens is 851 g/mol. The van der Waals surface area contributed by atoms with E-state index in [1.54, 1.807) is 32.2 Å². The fourth-order valence-electron chi connectivity index (χ4n) is 8.68. The van der Waals surface area contributed by atoms with E-state index < -0.39 is 52.8 Å². The first kappa shape index (κ1) is 48.8. The Morgan fingerprint density at radius 2 is 1.81 bits per heavy atom. The van der Waals surface area contributed by atoms with Gasteiger partial charge in [0, 0.05) is 63.6 Å². The maximum absolute atomic E-state index is 14.6. The third-order valence-corrected chi connectivity index (χ3v) is 13.6. The van der Waals surface area contributed by atoms with Crippen molar-refractivity contribution in [1.29, 1.82) is 0 Å². The van der Waals surface area contributed by atoms with Crippen LogP contribution in [0.25, 0.3) is 28.0 Å². The smallest absolute Gasteiger partial charge is 0.324 e. The molecule has 3 aliphatic heterocycles. The lowest BCUT2D eigenvalue weighted by atomic mass is 9.87. The second kappa shape index (κ2) is 20.0. The topological polar surface area (TPSA) is 171 Å². The minimum absolute atomic E-state index is 0.0992. The van der Waals surface area contributed by atoms with Gasteiger partial charge in [-0.2, -0.15) is 0 Å². The van der Waals surface area contributed by atoms with Gasteiger partial charge in [-0.1, -0.05) is 44.0 Å². The van der Waals surface area contributed by atoms with Crippen molar-refractivity contribution in [2.75, 3.05) is 54.5 Å². The summed E-state index contributed by atoms with van der Waals surface area (Å²) in [5, 5.41) is 4.39. The fraction of sp³-hybridized carbons (Fsp3) is 0.510. The number of methoxy groups -OCH3 is 1. The molecule has 67 heavy (non-hydrogen) atoms. The second-order valence-corrected chi connectivity index (χ2v) is 19.7. The molecule has 2 N–H and O–H groups in total. The number of rotatable bonds is 8. The van der Waals surface area contributed by atoms with Crippen molar-refractivity contribution in [3.63, 3.8) is 0 Å². The molecule has 356 valence electrons. The average molecular weight is 916 g/mol. The van der Waals surface area contributed by atoms with E-state index in [1.807, 2.05) is 102 Å². The number of likely N-dealkylation sites (N-methyl/N-ethyl adjacent to an activating group) is 1. The molecule has 0 unspecified atom stereocenters. The maximum Gasteiger partial charge on any atom is 0.324 e. The number of hydrogen-bond acceptors (Lipinski definition) is 11. The number of aromatic nitrogens is 3. The third-order valence-electron chi connectivity index (χ3n) is 13.6. The van der Waals surface area contributed by atoms with Gasteiger partial charge in [-0.15, -0.1) is 0 Å². The van der Waals surface area contributed by atoms with Crippen LogP contribution >= 0.6 is 0 Å². The lowest BCUT2D eigenvalue weighted by Gasteiger charge is -2.36. The summed E-state index contributed by atoms with van der Waals surface area (Å²) in [6.07, 6.45) is 5.57. The van der Waals surface area contributed by atoms with Crippen LogP contribution in [0.1, 0.15) is 83.9 Å². The first-order valence-corrected chi connectivity index (χ1v) is 23.2. The summed E-state index contributed by atoms with van der Waals surface area (Å²) in [6.45, 7) is 12.5. The van der Waals surface area contributed by atoms with Crippen LogP contribution in [-0.4, -0.2) is 142 Å². The summed E-state index contributed by atoms with van der Waals surface area (Å²) in [4.78, 5) is 84.1. The number of ether oxygens (including phenoxy) is 2. The molecule has 6 heterocycles. The average Bonchev–Trinajstić information content (AvgIpc) is 3.96. The summed E-state index contributed by atoms with van der Waals surface area (Å²) in [5.41, 5.74) is 8.70. The van der Waals surface area contributed by atoms with E-state index in [1.165, 1.54) is 9.91 Å². The molecule has 0 radical (unpaired) electrons. The monoisotopic (exact) mass is 916 g/mol. The standard InChI is InChI=1S/C51H65N9O7/c1-32(57(9)47(63)37-21-25-58(29-37)43(61)20-22-51(5,6)56(7)8)46(62)53-40-27-34-14-11-15-35(26-34)36-18-19-42-54-45(38-16-12-23-52-44(38)33(2)66-10)41(59(42)30-36)28-50(3,4)31-67-49(65)39-17-13-24-60(55-39)48(40)64/h11-12,14-16,18-19,23,26,30,32-33,37,39-40,55H,13,17,21,24-25,27-29,31H2,1-10H3,(H,53,62)/t32-,33-,37-,39-,40-/m0/s1. The number of carbonyl (C=O) groups excluding carboxylic acids is 5. The highest BCUT2D eigenvalue weighted by molar-refractivity contribution is 5.95. The molecule has 3 aromatic heterocycles. The van der Waals surface area contributed by atoms with E-state index in [2.05, 4.69) is 33.2 Å². The Morgan fingerprint density at radius 3 is 2.55 bits per heavy atom. The van der Waals surface area contributed by atoms with Crippen LogP contribution in [0, 0.1) is 23.2 Å². The lowest BCUT2D eigenvalue weighted by molar-refractivity contribution is -0.155. The van der Waals surface area contributed by atoms with Crippen molar-refractivity contribution >= 4 is 35.2 Å². The summed E-state index contributed by atoms with van der Waals surface area (Å²) in [7, 11) is 7.01. The summed E-state index contributed by atoms with van der Waals surface area (Å²) >= 11 is 0. The summed E-state index contributed by atoms with van der Waals surface area (Å²) < 4.78 is 13.9. The number of nitrogens with one attached hydrogen (secondary N) is 2. The molecular formula is C51H65N9O7. The SMILES string of the molecule is CO[C@@H](C)c1ncccc1-c1nc2ccc3cn2c1CC(C)(C)COC(=O)[C@@H]1CCCN(N1)C(=O)[C@@H](NC(=O)[C@H](C)N(C)C(=O)[C@H]1CCN(C(=O)C#CC(C)(C)N(C)C)C1)Cc1cccc-3c1. The summed E-state index contributed by atoms with van der Waals surface area (Å²) in [5.74, 6) is 3.22. The number of cyclic esters (lactones) is 1. The minimum Gasteiger partial charge on any atom is -0.464 e. The van der Waals surface area contributed by atoms with Gasteiger partial charge in [0.25, 0.3) is 11.8 Å². The minimum atomic E-state index is -1.06. The van der Waals surface area contributed by atoms with Crippen LogP contribution in [0.2, 0.25) is 0 Å². The van der Waals surface area contributed by atoms with Crippen molar-refractivity contribution in [3.8, 4) is 34.2 Å². The molecule has 5 atom stereocenters. The molecule has 0 saturated carbocycles. The molecule has 2 saturated heterocycles. The lowest BCUT2D eigenvalue weighted by Crippen LogP contribution is -2.61. The number of fused-ring (bicyclic) bond motifs is 6. The molecule has 6 bridgehead atoms. The van der Waals surface area contributed by atoms with Gasteiger partial charge in [-0.25, -0.2) is 10.4 Å². The number of nitrogens with zero attached hydrogens (tertiary/aromatic N) is 7. The van der Waals surface area contributed by atoms with Gasteiger partial charge in [0.15, 0.2) is 0 Å². The Balaban J connectivity index is 1.18. The molecule has 16 nitrogen and oxygen atoms in total. The van der Waals surface area contributed by atoms with Gasteiger partial charge in [-0.05, 0) is 114 Å². The quantitative estimate of drug-likeness (QED) is 0.189. The zero-order chi connectivity index (χ0) is 48.4. The molecule has 4 aromatic rings. The molecule has 16 heteroatoms. The number of benzene rings is 1. The molecule has 7 rings (SSSR count). The van der Waals surface area contributed by atoms with Gasteiger partial charge in [0.1, 0.15) is 23.8 Å². The van der Waals surface area contributed by atoms with Gasteiger partial charge >= 0.3 is 5.97 Å². The number of esters is 1. The van der Waals surface area contributed by atoms with E-state index in [4.69, 9.17) is 19.4 Å². The van der Waals surface area contributed by atoms with E-state index in [0.717, 1.165) is 45.0 Å². The van der Waals surface area contributed by atoms with Crippen LogP contribution in [-0.2, 0) is 46.3 Å². The number of hydrazine groups is 1. The Labute approximate surface area is 393 Å². The first-order chi connectivity index (χ1) is 31.8. The Bertz CT molecular complexity index is 2590. The predicted molar refractivity (Wildman–Crippen MR) is 254 cm³/mol. The molecule has 0 aliphatic carbocycles. The predicted octanol–water partition coefficient (Wildman–Crippen LogP) is 4.46. The first-order valence-electron chi connectivity index (χ1n) is 23.2. The number of hydrogen-bond donors (Lipinski definition) is 2. The molecule has 4 amide bonds. The Hall–Kier alpha value is -6.15. The zero-order valence-corrected chi connectivity index (χ0v) is 40.5. The van der Waals surface area contributed by atoms with Crippen molar-refractivity contribution in [1.82, 2.24) is 44.8 Å². The number of imidazole rings is 1. The highest BCUT2D eigenvalue weighted by Gasteiger charge is 2.38. The van der Waals surface area contributed by atoms with Gasteiger partial charge in [0.05, 0.1) is 41.2 Å². The van der Waals surface area contributed by atoms with Gasteiger partial charge < -0.3 is 29.0 Å². The Kier molecular flexibility index (Phi) is 14.5. The van der Waals surface area contributed by atoms with Crippen LogP contribution in [0.5, 0.6) is 0 Å². The zero-order valence-electron chi connectivity index (χ0n) is 40.5. The van der Waals surface area contributed by atoms with Crippen LogP contribution < -0.4 is 10.7 Å². The van der Waals surface area contributed by atoms with Crippen molar-refractivity contribution in [2.24, 2.45) is 11.3 Å². The normalized spacial score (nSPS) is 20.9. The van der Waals surface area contributed by atoms with E-state index in [9.17, 15) is 24.0 Å². The second-order valence-electron chi connectivity index (χ2n) is 19.7. The van der Waals surface area contributed by atoms with E-state index in [-0.39, 0.29) is 37.5 Å². The van der Waals surface area contributed by atoms with Gasteiger partial charge in [0.2, 0.25) is 11.8 Å². The molecule has 3 aliphatic rings. The number of carbonyl (C=O) groups is 5. The highest BCUT2D eigenvalue weighted by atomic mass is 16.5. The van der Waals surface area contributed by atoms with E-state index >= 15 is 0 Å². The number of likely N-dealkylation sites (tertiary alicyclic amines) is 1. The van der Waals surface area contributed by atoms with E-state index in [0.29, 0.717) is 38.8 Å². The maximum atomic E-state index is 14.6. The van der Waals surface area contributed by atoms with Crippen molar-refractivity contribution in [2.45, 2.75) is 103 Å². The van der Waals surface area contributed by atoms with Gasteiger partial charge in [-0.3, -0.25) is 38.9 Å². The summed E-state index contributed by atoms with van der Waals surface area (Å²) in [6, 6.07) is 12.9. The van der Waals surface area contributed by atoms with Crippen molar-refractivity contribution in [3.05, 3.63) is 77.9 Å². The van der Waals surface area contributed by atoms with Crippen LogP contribution in [0.4, 0.5) is 0 Å². The van der Waals surface area contributed by atoms with Crippen molar-refractivity contribution < 1.29 is 33.4 Å². The third kappa shape index (κ3) is 10.9. The number of pyridine rings is 2. The molecule has 2 fully saturated rings. The molecule has 1 aromatic carbocycles. The Morgan fingerprint density at radius 1 is 1.03 bits per heavy atom. The number of amides is 4. The highest BCUT2D eigenvalue weighted by Crippen LogP contribution is 2.36.